The first-order chi connectivity index (χ1) is 33.8. The van der Waals surface area contributed by atoms with E-state index in [1.165, 1.54) is 0 Å². The van der Waals surface area contributed by atoms with E-state index in [1.54, 1.807) is 0 Å². The molecule has 0 spiro atoms. The van der Waals surface area contributed by atoms with Crippen molar-refractivity contribution in [3.05, 3.63) is 29.1 Å². The van der Waals surface area contributed by atoms with Crippen molar-refractivity contribution in [2.75, 3.05) is 138 Å². The Balaban J connectivity index is 2.28. The number of ether oxygens (including phenoxy) is 9. The Kier molecular flexibility index (Phi) is 38.1. The Bertz CT molecular complexity index is 1630. The van der Waals surface area contributed by atoms with Crippen molar-refractivity contribution >= 4 is 35.5 Å². The van der Waals surface area contributed by atoms with Crippen LogP contribution in [0, 0.1) is 29.1 Å². The van der Waals surface area contributed by atoms with Gasteiger partial charge in [-0.15, -0.1) is 0 Å². The van der Waals surface area contributed by atoms with Crippen LogP contribution < -0.4 is 37.1 Å². The second-order valence-electron chi connectivity index (χ2n) is 14.7. The van der Waals surface area contributed by atoms with Gasteiger partial charge in [0.1, 0.15) is 6.04 Å². The van der Waals surface area contributed by atoms with Gasteiger partial charge in [0.25, 0.3) is 0 Å². The van der Waals surface area contributed by atoms with E-state index in [1.807, 2.05) is 6.92 Å². The molecule has 1 atom stereocenters. The molecule has 0 aliphatic carbocycles. The molecule has 26 heteroatoms. The number of carbonyl (C=O) groups is 6. The predicted octanol–water partition coefficient (Wildman–Crippen LogP) is 0.859. The van der Waals surface area contributed by atoms with Crippen molar-refractivity contribution in [3.63, 3.8) is 0 Å². The number of amides is 5. The maximum absolute atomic E-state index is 13.6. The fraction of sp³-hybridized carbons (Fsp3) is 0.727. The first kappa shape index (κ1) is 63.3. The number of rotatable bonds is 45. The fourth-order valence-corrected chi connectivity index (χ4v) is 5.53. The maximum atomic E-state index is 13.6. The van der Waals surface area contributed by atoms with E-state index in [2.05, 4.69) is 31.3 Å². The van der Waals surface area contributed by atoms with E-state index in [9.17, 15) is 50.7 Å². The summed E-state index contributed by atoms with van der Waals surface area (Å²) in [5, 5.41) is 13.4. The van der Waals surface area contributed by atoms with E-state index in [-0.39, 0.29) is 117 Å². The van der Waals surface area contributed by atoms with Crippen LogP contribution in [-0.2, 0) is 66.7 Å². The summed E-state index contributed by atoms with van der Waals surface area (Å²) in [6.45, 7) is 6.78. The van der Waals surface area contributed by atoms with E-state index >= 15 is 0 Å². The molecule has 0 aromatic heterocycles. The van der Waals surface area contributed by atoms with Gasteiger partial charge in [-0.05, 0) is 39.0 Å². The maximum Gasteiger partial charge on any atom is 0.313 e. The number of nitrogens with one attached hydrogen (secondary N) is 5. The van der Waals surface area contributed by atoms with Crippen LogP contribution in [-0.4, -0.2) is 180 Å². The monoisotopic (exact) mass is 1020 g/mol. The molecule has 0 heterocycles. The normalized spacial score (nSPS) is 11.5. The summed E-state index contributed by atoms with van der Waals surface area (Å²) >= 11 is 0. The molecule has 0 bridgehead atoms. The second kappa shape index (κ2) is 42.1. The predicted molar refractivity (Wildman–Crippen MR) is 239 cm³/mol. The van der Waals surface area contributed by atoms with Crippen molar-refractivity contribution in [1.82, 2.24) is 26.6 Å². The molecule has 5 amide bonds. The van der Waals surface area contributed by atoms with Crippen LogP contribution in [0.15, 0.2) is 0 Å². The Labute approximate surface area is 404 Å². The molecule has 0 aliphatic heterocycles. The average Bonchev–Trinajstić information content (AvgIpc) is 3.34. The number of hydrogen-bond donors (Lipinski definition) is 6. The van der Waals surface area contributed by atoms with Crippen molar-refractivity contribution in [2.45, 2.75) is 70.8 Å². The van der Waals surface area contributed by atoms with Gasteiger partial charge in [-0.25, -0.2) is 13.2 Å². The highest BCUT2D eigenvalue weighted by Crippen LogP contribution is 2.29. The van der Waals surface area contributed by atoms with Gasteiger partial charge in [-0.1, -0.05) is 0 Å². The first-order valence-electron chi connectivity index (χ1n) is 23.2. The summed E-state index contributed by atoms with van der Waals surface area (Å²) in [4.78, 5) is 74.4. The van der Waals surface area contributed by atoms with E-state index < -0.39 is 71.0 Å². The van der Waals surface area contributed by atoms with Gasteiger partial charge in [0.05, 0.1) is 105 Å². The zero-order valence-corrected chi connectivity index (χ0v) is 39.9. The highest BCUT2D eigenvalue weighted by atomic mass is 19.2. The van der Waals surface area contributed by atoms with Crippen LogP contribution in [0.1, 0.15) is 64.7 Å². The summed E-state index contributed by atoms with van der Waals surface area (Å²) in [6, 6.07) is -0.960. The van der Waals surface area contributed by atoms with Crippen molar-refractivity contribution in [3.8, 4) is 5.75 Å². The van der Waals surface area contributed by atoms with E-state index in [0.717, 1.165) is 0 Å². The van der Waals surface area contributed by atoms with E-state index in [0.29, 0.717) is 85.0 Å². The SMILES string of the molecule is CCOCCOCCC(=O)NCCCC[C@H](NC(=O)CCCNC(=O)CCCOCCOCCN)C(=O)NCC(=O)NCCOCCOCCOCCOCCC(=O)Oc1c(F)c(F)c(F)c(F)c1F. The Morgan fingerprint density at radius 2 is 0.929 bits per heavy atom. The molecule has 0 saturated carbocycles. The Morgan fingerprint density at radius 1 is 0.457 bits per heavy atom. The fourth-order valence-electron chi connectivity index (χ4n) is 5.53. The largest absolute Gasteiger partial charge is 0.420 e. The van der Waals surface area contributed by atoms with E-state index in [4.69, 9.17) is 43.6 Å². The van der Waals surface area contributed by atoms with Crippen LogP contribution in [0.3, 0.4) is 0 Å². The van der Waals surface area contributed by atoms with Crippen LogP contribution in [0.25, 0.3) is 0 Å². The molecule has 0 aliphatic rings. The third-order valence-electron chi connectivity index (χ3n) is 9.12. The lowest BCUT2D eigenvalue weighted by atomic mass is 10.1. The minimum Gasteiger partial charge on any atom is -0.420 e. The Morgan fingerprint density at radius 3 is 1.53 bits per heavy atom. The van der Waals surface area contributed by atoms with Gasteiger partial charge in [0.2, 0.25) is 64.4 Å². The minimum absolute atomic E-state index is 0.0115. The number of benzene rings is 1. The zero-order chi connectivity index (χ0) is 51.6. The van der Waals surface area contributed by atoms with Gasteiger partial charge in [-0.2, -0.15) is 8.78 Å². The molecule has 21 nitrogen and oxygen atoms in total. The molecule has 1 aromatic rings. The highest BCUT2D eigenvalue weighted by molar-refractivity contribution is 5.90. The molecule has 1 aromatic carbocycles. The molecule has 0 saturated heterocycles. The lowest BCUT2D eigenvalue weighted by molar-refractivity contribution is -0.136. The van der Waals surface area contributed by atoms with Crippen LogP contribution in [0.5, 0.6) is 5.75 Å². The van der Waals surface area contributed by atoms with Gasteiger partial charge in [0, 0.05) is 58.7 Å². The van der Waals surface area contributed by atoms with Crippen LogP contribution in [0.2, 0.25) is 0 Å². The number of halogens is 5. The average molecular weight is 1020 g/mol. The molecule has 0 unspecified atom stereocenters. The standard InChI is InChI=1S/C44H71F5N6O15/c1-2-62-21-22-64-17-10-34(57)51-13-4-3-7-32(55-35(58)8-5-14-52-33(56)9-6-16-63-23-25-66-19-12-50)44(61)54-31-36(59)53-15-20-67-26-28-69-30-29-68-27-24-65-18-11-37(60)70-43-41(48)39(46)38(45)40(47)42(43)49/h32H,2-31,50H2,1H3,(H,51,57)(H,52,56)(H,53,59)(H,54,61)(H,55,58)/t32-/m0/s1. The summed E-state index contributed by atoms with van der Waals surface area (Å²) in [7, 11) is 0. The van der Waals surface area contributed by atoms with Gasteiger partial charge in [0.15, 0.2) is 0 Å². The van der Waals surface area contributed by atoms with Crippen molar-refractivity contribution < 1.29 is 93.4 Å². The molecular weight excluding hydrogens is 948 g/mol. The van der Waals surface area contributed by atoms with Gasteiger partial charge < -0.3 is 74.9 Å². The lowest BCUT2D eigenvalue weighted by Crippen LogP contribution is -2.49. The first-order valence-corrected chi connectivity index (χ1v) is 23.2. The molecule has 0 radical (unpaired) electrons. The van der Waals surface area contributed by atoms with Crippen molar-refractivity contribution in [1.29, 1.82) is 0 Å². The third kappa shape index (κ3) is 32.3. The highest BCUT2D eigenvalue weighted by Gasteiger charge is 2.28. The quantitative estimate of drug-likeness (QED) is 0.0132. The van der Waals surface area contributed by atoms with Gasteiger partial charge in [-0.3, -0.25) is 28.8 Å². The molecule has 7 N–H and O–H groups in total. The number of carbonyl (C=O) groups excluding carboxylic acids is 6. The summed E-state index contributed by atoms with van der Waals surface area (Å²) < 4.78 is 114. The smallest absolute Gasteiger partial charge is 0.313 e. The summed E-state index contributed by atoms with van der Waals surface area (Å²) in [5.41, 5.74) is 5.35. The molecule has 70 heavy (non-hydrogen) atoms. The van der Waals surface area contributed by atoms with Crippen molar-refractivity contribution in [2.24, 2.45) is 5.73 Å². The zero-order valence-electron chi connectivity index (χ0n) is 39.9. The number of nitrogens with two attached hydrogens (primary N) is 1. The summed E-state index contributed by atoms with van der Waals surface area (Å²) in [6.07, 6.45) is 2.02. The Hall–Kier alpha value is -4.67. The molecule has 0 fully saturated rings. The summed E-state index contributed by atoms with van der Waals surface area (Å²) in [5.74, 6) is -16.2. The topological polar surface area (TPSA) is 272 Å². The lowest BCUT2D eigenvalue weighted by Gasteiger charge is -2.19. The van der Waals surface area contributed by atoms with Crippen LogP contribution in [0.4, 0.5) is 22.0 Å². The third-order valence-corrected chi connectivity index (χ3v) is 9.12. The number of esters is 1. The number of unbranched alkanes of at least 4 members (excludes halogenated alkanes) is 1. The minimum atomic E-state index is -2.38. The number of hydrogen-bond acceptors (Lipinski definition) is 16. The molecule has 1 rings (SSSR count). The molecular formula is C44H71F5N6O15. The van der Waals surface area contributed by atoms with Gasteiger partial charge >= 0.3 is 5.97 Å². The second-order valence-corrected chi connectivity index (χ2v) is 14.7. The molecule has 402 valence electrons. The van der Waals surface area contributed by atoms with Crippen LogP contribution >= 0.6 is 0 Å².